The molecule has 0 spiro atoms. The van der Waals surface area contributed by atoms with Gasteiger partial charge in [-0.1, -0.05) is 42.3 Å². The van der Waals surface area contributed by atoms with Crippen molar-refractivity contribution in [3.8, 4) is 11.1 Å². The highest BCUT2D eigenvalue weighted by Crippen LogP contribution is 2.37. The molecule has 2 aromatic carbocycles. The molecule has 0 bridgehead atoms. The van der Waals surface area contributed by atoms with Gasteiger partial charge in [0.25, 0.3) is 0 Å². The molecule has 124 valence electrons. The third-order valence-corrected chi connectivity index (χ3v) is 5.04. The van der Waals surface area contributed by atoms with E-state index in [1.807, 2.05) is 13.0 Å². The summed E-state index contributed by atoms with van der Waals surface area (Å²) in [5, 5.41) is 10.1. The molecule has 2 nitrogen and oxygen atoms in total. The minimum atomic E-state index is -0.602. The van der Waals surface area contributed by atoms with Gasteiger partial charge in [0, 0.05) is 18.4 Å². The van der Waals surface area contributed by atoms with Crippen LogP contribution in [-0.4, -0.2) is 10.9 Å². The van der Waals surface area contributed by atoms with Crippen molar-refractivity contribution in [3.63, 3.8) is 0 Å². The fourth-order valence-corrected chi connectivity index (χ4v) is 3.29. The van der Waals surface area contributed by atoms with Crippen molar-refractivity contribution >= 4 is 34.6 Å². The predicted molar refractivity (Wildman–Crippen MR) is 95.0 cm³/mol. The third-order valence-electron chi connectivity index (χ3n) is 4.26. The predicted octanol–water partition coefficient (Wildman–Crippen LogP) is 5.99. The molecule has 1 aliphatic carbocycles. The summed E-state index contributed by atoms with van der Waals surface area (Å²) in [6.45, 7) is 1.97. The van der Waals surface area contributed by atoms with Crippen LogP contribution in [0.3, 0.4) is 0 Å². The molecule has 2 aromatic rings. The Hall–Kier alpha value is -1.84. The number of hydrogen-bond donors (Lipinski definition) is 1. The van der Waals surface area contributed by atoms with E-state index in [0.717, 1.165) is 5.56 Å². The average molecular weight is 365 g/mol. The highest BCUT2D eigenvalue weighted by molar-refractivity contribution is 6.42. The number of halogens is 3. The van der Waals surface area contributed by atoms with E-state index in [9.17, 15) is 14.3 Å². The Morgan fingerprint density at radius 2 is 1.88 bits per heavy atom. The lowest BCUT2D eigenvalue weighted by Gasteiger charge is -2.13. The molecule has 0 aromatic heterocycles. The van der Waals surface area contributed by atoms with Gasteiger partial charge in [0.15, 0.2) is 11.6 Å². The molecule has 0 atom stereocenters. The van der Waals surface area contributed by atoms with Crippen LogP contribution in [-0.2, 0) is 11.2 Å². The Kier molecular flexibility index (Phi) is 4.66. The van der Waals surface area contributed by atoms with Crippen LogP contribution in [0, 0.1) is 5.82 Å². The Labute approximate surface area is 149 Å². The summed E-state index contributed by atoms with van der Waals surface area (Å²) >= 11 is 11.7. The largest absolute Gasteiger partial charge is 0.512 e. The van der Waals surface area contributed by atoms with Crippen LogP contribution < -0.4 is 0 Å². The van der Waals surface area contributed by atoms with E-state index in [4.69, 9.17) is 23.2 Å². The molecule has 0 amide bonds. The molecule has 0 fully saturated rings. The quantitative estimate of drug-likeness (QED) is 0.678. The molecule has 0 saturated heterocycles. The third kappa shape index (κ3) is 2.83. The SMILES string of the molecule is CCc1ccc(-c2ccc(Cl)c(Cl)c2F)cc1C1=C(O)CCC1=O. The maximum absolute atomic E-state index is 14.4. The van der Waals surface area contributed by atoms with Gasteiger partial charge in [-0.2, -0.15) is 0 Å². The Morgan fingerprint density at radius 1 is 1.12 bits per heavy atom. The molecule has 0 heterocycles. The topological polar surface area (TPSA) is 37.3 Å². The maximum atomic E-state index is 14.4. The van der Waals surface area contributed by atoms with Crippen molar-refractivity contribution in [2.45, 2.75) is 26.2 Å². The first kappa shape index (κ1) is 17.0. The van der Waals surface area contributed by atoms with Gasteiger partial charge in [-0.3, -0.25) is 4.79 Å². The zero-order valence-electron chi connectivity index (χ0n) is 13.0. The van der Waals surface area contributed by atoms with Gasteiger partial charge in [0.2, 0.25) is 0 Å². The Balaban J connectivity index is 2.20. The summed E-state index contributed by atoms with van der Waals surface area (Å²) in [5.74, 6) is -0.592. The first-order valence-electron chi connectivity index (χ1n) is 7.66. The van der Waals surface area contributed by atoms with E-state index in [1.54, 1.807) is 18.2 Å². The van der Waals surface area contributed by atoms with Crippen molar-refractivity contribution in [2.24, 2.45) is 0 Å². The smallest absolute Gasteiger partial charge is 0.167 e. The number of carbonyl (C=O) groups is 1. The summed E-state index contributed by atoms with van der Waals surface area (Å²) in [6.07, 6.45) is 1.35. The molecule has 0 unspecified atom stereocenters. The summed E-state index contributed by atoms with van der Waals surface area (Å²) in [4.78, 5) is 12.1. The summed E-state index contributed by atoms with van der Waals surface area (Å²) in [6, 6.07) is 8.45. The molecule has 1 aliphatic rings. The second-order valence-corrected chi connectivity index (χ2v) is 6.48. The number of aliphatic hydroxyl groups is 1. The van der Waals surface area contributed by atoms with Crippen LogP contribution in [0.1, 0.15) is 30.9 Å². The van der Waals surface area contributed by atoms with E-state index in [1.165, 1.54) is 6.07 Å². The molecular formula is C19H15Cl2FO2. The Morgan fingerprint density at radius 3 is 2.50 bits per heavy atom. The number of allylic oxidation sites excluding steroid dienone is 2. The monoisotopic (exact) mass is 364 g/mol. The van der Waals surface area contributed by atoms with Crippen LogP contribution in [0.15, 0.2) is 36.1 Å². The Bertz CT molecular complexity index is 872. The van der Waals surface area contributed by atoms with Gasteiger partial charge in [-0.25, -0.2) is 4.39 Å². The van der Waals surface area contributed by atoms with Gasteiger partial charge in [0.1, 0.15) is 5.76 Å². The van der Waals surface area contributed by atoms with Crippen LogP contribution in [0.5, 0.6) is 0 Å². The van der Waals surface area contributed by atoms with E-state index in [-0.39, 0.29) is 21.6 Å². The van der Waals surface area contributed by atoms with Crippen molar-refractivity contribution in [1.82, 2.24) is 0 Å². The molecule has 0 saturated carbocycles. The molecule has 5 heteroatoms. The van der Waals surface area contributed by atoms with E-state index >= 15 is 0 Å². The van der Waals surface area contributed by atoms with Crippen molar-refractivity contribution in [3.05, 3.63) is 63.1 Å². The summed E-state index contributed by atoms with van der Waals surface area (Å²) in [5.41, 5.74) is 2.81. The number of benzene rings is 2. The second kappa shape index (κ2) is 6.58. The molecular weight excluding hydrogens is 350 g/mol. The number of Topliss-reactive ketones (excluding diaryl/α,β-unsaturated/α-hetero) is 1. The fraction of sp³-hybridized carbons (Fsp3) is 0.211. The lowest BCUT2D eigenvalue weighted by molar-refractivity contribution is -0.113. The van der Waals surface area contributed by atoms with Gasteiger partial charge >= 0.3 is 0 Å². The zero-order valence-corrected chi connectivity index (χ0v) is 14.5. The molecule has 1 N–H and O–H groups in total. The number of ketones is 1. The summed E-state index contributed by atoms with van der Waals surface area (Å²) < 4.78 is 14.4. The van der Waals surface area contributed by atoms with Crippen LogP contribution in [0.4, 0.5) is 4.39 Å². The number of aryl methyl sites for hydroxylation is 1. The first-order valence-corrected chi connectivity index (χ1v) is 8.42. The van der Waals surface area contributed by atoms with Gasteiger partial charge in [-0.05, 0) is 41.3 Å². The number of carbonyl (C=O) groups excluding carboxylic acids is 1. The van der Waals surface area contributed by atoms with Crippen molar-refractivity contribution in [1.29, 1.82) is 0 Å². The van der Waals surface area contributed by atoms with Crippen LogP contribution in [0.25, 0.3) is 16.7 Å². The van der Waals surface area contributed by atoms with Crippen LogP contribution in [0.2, 0.25) is 10.0 Å². The van der Waals surface area contributed by atoms with Crippen molar-refractivity contribution < 1.29 is 14.3 Å². The lowest BCUT2D eigenvalue weighted by Crippen LogP contribution is -2.01. The number of hydrogen-bond acceptors (Lipinski definition) is 2. The maximum Gasteiger partial charge on any atom is 0.167 e. The number of aliphatic hydroxyl groups excluding tert-OH is 1. The lowest BCUT2D eigenvalue weighted by atomic mass is 9.92. The standard InChI is InChI=1S/C19H15Cl2FO2/c1-2-10-3-4-11(12-5-6-14(20)18(21)19(12)22)9-13(10)17-15(23)7-8-16(17)24/h3-6,9,23H,2,7-8H2,1H3. The van der Waals surface area contributed by atoms with Crippen LogP contribution >= 0.6 is 23.2 Å². The molecule has 0 aliphatic heterocycles. The van der Waals surface area contributed by atoms with Gasteiger partial charge in [-0.15, -0.1) is 0 Å². The van der Waals surface area contributed by atoms with E-state index in [0.29, 0.717) is 41.5 Å². The average Bonchev–Trinajstić information content (AvgIpc) is 2.91. The second-order valence-electron chi connectivity index (χ2n) is 5.69. The highest BCUT2D eigenvalue weighted by Gasteiger charge is 2.26. The zero-order chi connectivity index (χ0) is 17.4. The van der Waals surface area contributed by atoms with Crippen molar-refractivity contribution in [2.75, 3.05) is 0 Å². The van der Waals surface area contributed by atoms with Gasteiger partial charge in [0.05, 0.1) is 15.6 Å². The minimum absolute atomic E-state index is 0.0889. The normalized spacial score (nSPS) is 14.6. The minimum Gasteiger partial charge on any atom is -0.512 e. The fourth-order valence-electron chi connectivity index (χ4n) is 2.98. The van der Waals surface area contributed by atoms with E-state index < -0.39 is 5.82 Å². The molecule has 3 rings (SSSR count). The summed E-state index contributed by atoms with van der Waals surface area (Å²) in [7, 11) is 0. The molecule has 24 heavy (non-hydrogen) atoms. The highest BCUT2D eigenvalue weighted by atomic mass is 35.5. The first-order chi connectivity index (χ1) is 11.4. The van der Waals surface area contributed by atoms with Gasteiger partial charge < -0.3 is 5.11 Å². The number of rotatable bonds is 3. The molecule has 0 radical (unpaired) electrons. The van der Waals surface area contributed by atoms with E-state index in [2.05, 4.69) is 0 Å².